The van der Waals surface area contributed by atoms with Gasteiger partial charge in [-0.05, 0) is 38.4 Å². The van der Waals surface area contributed by atoms with Gasteiger partial charge in [0.05, 0.1) is 25.7 Å². The van der Waals surface area contributed by atoms with Crippen molar-refractivity contribution >= 4 is 62.3 Å². The highest BCUT2D eigenvalue weighted by atomic mass is 35.5. The van der Waals surface area contributed by atoms with Gasteiger partial charge in [-0.3, -0.25) is 19.8 Å². The molecular weight excluding hydrogens is 442 g/mol. The Hall–Kier alpha value is -2.33. The number of benzene rings is 2. The van der Waals surface area contributed by atoms with E-state index in [-0.39, 0.29) is 35.2 Å². The number of anilines is 1. The number of thiazole rings is 1. The van der Waals surface area contributed by atoms with E-state index in [0.717, 1.165) is 6.07 Å². The van der Waals surface area contributed by atoms with E-state index in [2.05, 4.69) is 4.98 Å². The van der Waals surface area contributed by atoms with Gasteiger partial charge in [0.15, 0.2) is 5.13 Å². The van der Waals surface area contributed by atoms with Crippen molar-refractivity contribution < 1.29 is 14.1 Å². The maximum Gasteiger partial charge on any atom is 0.270 e. The van der Waals surface area contributed by atoms with Crippen molar-refractivity contribution in [1.82, 2.24) is 9.88 Å². The SMILES string of the molecule is CN(C)CCN(C(=O)c1cc([N+](=O)[O-])ccc1Cl)c1nc2ccc(F)cc2s1.Cl. The van der Waals surface area contributed by atoms with E-state index in [1.54, 1.807) is 6.07 Å². The molecule has 0 aliphatic carbocycles. The molecule has 29 heavy (non-hydrogen) atoms. The van der Waals surface area contributed by atoms with Crippen molar-refractivity contribution in [2.24, 2.45) is 0 Å². The fraction of sp³-hybridized carbons (Fsp3) is 0.222. The topological polar surface area (TPSA) is 79.6 Å². The molecule has 0 N–H and O–H groups in total. The quantitative estimate of drug-likeness (QED) is 0.397. The highest BCUT2D eigenvalue weighted by Gasteiger charge is 2.25. The molecular formula is C18H17Cl2FN4O3S. The minimum Gasteiger partial charge on any atom is -0.308 e. The maximum absolute atomic E-state index is 13.5. The van der Waals surface area contributed by atoms with E-state index < -0.39 is 16.6 Å². The predicted molar refractivity (Wildman–Crippen MR) is 115 cm³/mol. The molecule has 0 aliphatic rings. The highest BCUT2D eigenvalue weighted by Crippen LogP contribution is 2.32. The van der Waals surface area contributed by atoms with Crippen LogP contribution in [0.5, 0.6) is 0 Å². The number of carbonyl (C=O) groups is 1. The van der Waals surface area contributed by atoms with E-state index in [1.165, 1.54) is 40.5 Å². The minimum absolute atomic E-state index is 0. The van der Waals surface area contributed by atoms with Crippen molar-refractivity contribution in [1.29, 1.82) is 0 Å². The summed E-state index contributed by atoms with van der Waals surface area (Å²) in [6, 6.07) is 7.91. The second kappa shape index (κ2) is 9.45. The lowest BCUT2D eigenvalue weighted by atomic mass is 10.1. The summed E-state index contributed by atoms with van der Waals surface area (Å²) in [7, 11) is 3.72. The molecule has 1 heterocycles. The van der Waals surface area contributed by atoms with Gasteiger partial charge in [0.25, 0.3) is 11.6 Å². The van der Waals surface area contributed by atoms with E-state index in [4.69, 9.17) is 11.6 Å². The Balaban J connectivity index is 0.00000300. The highest BCUT2D eigenvalue weighted by molar-refractivity contribution is 7.22. The lowest BCUT2D eigenvalue weighted by Gasteiger charge is -2.22. The number of fused-ring (bicyclic) bond motifs is 1. The molecule has 0 bridgehead atoms. The molecule has 154 valence electrons. The van der Waals surface area contributed by atoms with Crippen LogP contribution in [0.2, 0.25) is 5.02 Å². The number of nitro benzene ring substituents is 1. The number of aromatic nitrogens is 1. The molecule has 0 fully saturated rings. The van der Waals surface area contributed by atoms with Gasteiger partial charge in [0.1, 0.15) is 5.82 Å². The summed E-state index contributed by atoms with van der Waals surface area (Å²) in [6.45, 7) is 0.815. The third-order valence-electron chi connectivity index (χ3n) is 3.98. The van der Waals surface area contributed by atoms with Crippen LogP contribution in [0, 0.1) is 15.9 Å². The Bertz CT molecular complexity index is 1060. The average molecular weight is 459 g/mol. The summed E-state index contributed by atoms with van der Waals surface area (Å²) < 4.78 is 14.1. The lowest BCUT2D eigenvalue weighted by Crippen LogP contribution is -2.37. The number of hydrogen-bond donors (Lipinski definition) is 0. The molecule has 0 unspecified atom stereocenters. The number of halogens is 3. The normalized spacial score (nSPS) is 10.8. The van der Waals surface area contributed by atoms with E-state index in [9.17, 15) is 19.3 Å². The minimum atomic E-state index is -0.586. The van der Waals surface area contributed by atoms with Crippen LogP contribution >= 0.6 is 35.3 Å². The summed E-state index contributed by atoms with van der Waals surface area (Å²) in [5.41, 5.74) is 0.348. The van der Waals surface area contributed by atoms with Gasteiger partial charge < -0.3 is 4.90 Å². The molecule has 3 rings (SSSR count). The summed E-state index contributed by atoms with van der Waals surface area (Å²) >= 11 is 7.31. The zero-order valence-electron chi connectivity index (χ0n) is 15.5. The Morgan fingerprint density at radius 2 is 1.97 bits per heavy atom. The average Bonchev–Trinajstić information content (AvgIpc) is 3.04. The standard InChI is InChI=1S/C18H16ClFN4O3S.ClH/c1-22(2)7-8-23(18-21-15-6-3-11(20)9-16(15)28-18)17(25)13-10-12(24(26)27)4-5-14(13)19;/h3-6,9-10H,7-8H2,1-2H3;1H. The van der Waals surface area contributed by atoms with Crippen molar-refractivity contribution in [2.75, 3.05) is 32.1 Å². The molecule has 11 heteroatoms. The van der Waals surface area contributed by atoms with Gasteiger partial charge in [-0.15, -0.1) is 12.4 Å². The molecule has 1 amide bonds. The third kappa shape index (κ3) is 5.18. The number of hydrogen-bond acceptors (Lipinski definition) is 6. The summed E-state index contributed by atoms with van der Waals surface area (Å²) in [4.78, 5) is 31.4. The number of rotatable bonds is 6. The molecule has 0 saturated carbocycles. The second-order valence-corrected chi connectivity index (χ2v) is 7.71. The van der Waals surface area contributed by atoms with E-state index >= 15 is 0 Å². The molecule has 3 aromatic rings. The van der Waals surface area contributed by atoms with Crippen LogP contribution in [0.1, 0.15) is 10.4 Å². The Kier molecular flexibility index (Phi) is 7.48. The smallest absolute Gasteiger partial charge is 0.270 e. The maximum atomic E-state index is 13.5. The number of carbonyl (C=O) groups excluding carboxylic acids is 1. The number of non-ortho nitro benzene ring substituents is 1. The Morgan fingerprint density at radius 3 is 2.62 bits per heavy atom. The van der Waals surface area contributed by atoms with E-state index in [0.29, 0.717) is 21.9 Å². The fourth-order valence-corrected chi connectivity index (χ4v) is 3.74. The molecule has 0 spiro atoms. The van der Waals surface area contributed by atoms with Crippen molar-refractivity contribution in [3.05, 3.63) is 62.9 Å². The van der Waals surface area contributed by atoms with Gasteiger partial charge in [0.2, 0.25) is 0 Å². The first-order valence-corrected chi connectivity index (χ1v) is 9.42. The molecule has 0 aliphatic heterocycles. The van der Waals surface area contributed by atoms with Gasteiger partial charge in [0, 0.05) is 25.2 Å². The first kappa shape index (κ1) is 23.0. The van der Waals surface area contributed by atoms with Crippen LogP contribution in [-0.2, 0) is 0 Å². The largest absolute Gasteiger partial charge is 0.308 e. The first-order valence-electron chi connectivity index (χ1n) is 8.23. The third-order valence-corrected chi connectivity index (χ3v) is 5.35. The summed E-state index contributed by atoms with van der Waals surface area (Å²) in [6.07, 6.45) is 0. The zero-order valence-corrected chi connectivity index (χ0v) is 17.9. The monoisotopic (exact) mass is 458 g/mol. The van der Waals surface area contributed by atoms with Gasteiger partial charge in [-0.2, -0.15) is 0 Å². The number of amides is 1. The molecule has 0 radical (unpaired) electrons. The first-order chi connectivity index (χ1) is 13.3. The van der Waals surface area contributed by atoms with Crippen molar-refractivity contribution in [2.45, 2.75) is 0 Å². The number of nitrogens with zero attached hydrogens (tertiary/aromatic N) is 4. The van der Waals surface area contributed by atoms with Crippen LogP contribution in [0.25, 0.3) is 10.2 Å². The fourth-order valence-electron chi connectivity index (χ4n) is 2.52. The lowest BCUT2D eigenvalue weighted by molar-refractivity contribution is -0.384. The van der Waals surface area contributed by atoms with Crippen molar-refractivity contribution in [3.63, 3.8) is 0 Å². The van der Waals surface area contributed by atoms with Crippen LogP contribution in [0.4, 0.5) is 15.2 Å². The van der Waals surface area contributed by atoms with Gasteiger partial charge in [-0.1, -0.05) is 22.9 Å². The molecule has 0 saturated heterocycles. The van der Waals surface area contributed by atoms with Gasteiger partial charge in [-0.25, -0.2) is 9.37 Å². The Labute approximate surface area is 181 Å². The van der Waals surface area contributed by atoms with E-state index in [1.807, 2.05) is 19.0 Å². The van der Waals surface area contributed by atoms with Crippen LogP contribution in [0.15, 0.2) is 36.4 Å². The molecule has 7 nitrogen and oxygen atoms in total. The van der Waals surface area contributed by atoms with Crippen LogP contribution < -0.4 is 4.90 Å². The van der Waals surface area contributed by atoms with Crippen LogP contribution in [0.3, 0.4) is 0 Å². The van der Waals surface area contributed by atoms with Crippen molar-refractivity contribution in [3.8, 4) is 0 Å². The number of likely N-dealkylation sites (N-methyl/N-ethyl adjacent to an activating group) is 1. The summed E-state index contributed by atoms with van der Waals surface area (Å²) in [5, 5.41) is 11.6. The summed E-state index contributed by atoms with van der Waals surface area (Å²) in [5.74, 6) is -0.898. The predicted octanol–water partition coefficient (Wildman–Crippen LogP) is 4.63. The molecule has 1 aromatic heterocycles. The molecule has 0 atom stereocenters. The molecule has 2 aromatic carbocycles. The number of nitro groups is 1. The zero-order chi connectivity index (χ0) is 20.4. The second-order valence-electron chi connectivity index (χ2n) is 6.29. The van der Waals surface area contributed by atoms with Crippen LogP contribution in [-0.4, -0.2) is 47.9 Å². The Morgan fingerprint density at radius 1 is 1.24 bits per heavy atom. The van der Waals surface area contributed by atoms with Gasteiger partial charge >= 0.3 is 0 Å².